The van der Waals surface area contributed by atoms with E-state index in [4.69, 9.17) is 0 Å². The summed E-state index contributed by atoms with van der Waals surface area (Å²) in [5.41, 5.74) is -1.33. The number of hydrogen-bond donors (Lipinski definition) is 1. The number of anilines is 1. The monoisotopic (exact) mass is 473 g/mol. The maximum Gasteiger partial charge on any atom is 0.325 e. The van der Waals surface area contributed by atoms with E-state index in [1.165, 1.54) is 30.4 Å². The SMILES string of the molecule is CC1(c2ccc(F)cc2)NC(=O)N(CC(=O)N(Cc2cccs2)c2ccc(F)cc2F)C1=O. The predicted octanol–water partition coefficient (Wildman–Crippen LogP) is 4.17. The van der Waals surface area contributed by atoms with Gasteiger partial charge in [-0.3, -0.25) is 14.5 Å². The number of benzene rings is 2. The van der Waals surface area contributed by atoms with Crippen molar-refractivity contribution < 1.29 is 27.6 Å². The van der Waals surface area contributed by atoms with Crippen molar-refractivity contribution in [1.82, 2.24) is 10.2 Å². The largest absolute Gasteiger partial charge is 0.325 e. The first kappa shape index (κ1) is 22.5. The second-order valence-electron chi connectivity index (χ2n) is 7.61. The zero-order chi connectivity index (χ0) is 23.8. The molecule has 1 unspecified atom stereocenters. The van der Waals surface area contributed by atoms with E-state index >= 15 is 0 Å². The smallest absolute Gasteiger partial charge is 0.319 e. The molecule has 0 saturated carbocycles. The third-order valence-corrected chi connectivity index (χ3v) is 6.25. The summed E-state index contributed by atoms with van der Waals surface area (Å²) in [5.74, 6) is -3.70. The molecule has 2 heterocycles. The Morgan fingerprint density at radius 2 is 1.76 bits per heavy atom. The number of urea groups is 1. The molecule has 33 heavy (non-hydrogen) atoms. The highest BCUT2D eigenvalue weighted by atomic mass is 32.1. The maximum atomic E-state index is 14.5. The van der Waals surface area contributed by atoms with Crippen molar-refractivity contribution >= 4 is 34.9 Å². The van der Waals surface area contributed by atoms with Crippen LogP contribution in [0, 0.1) is 17.5 Å². The second-order valence-corrected chi connectivity index (χ2v) is 8.64. The van der Waals surface area contributed by atoms with E-state index < -0.39 is 47.4 Å². The minimum atomic E-state index is -1.50. The summed E-state index contributed by atoms with van der Waals surface area (Å²) in [6.45, 7) is 0.760. The lowest BCUT2D eigenvalue weighted by Crippen LogP contribution is -2.44. The van der Waals surface area contributed by atoms with Crippen LogP contribution in [0.1, 0.15) is 17.4 Å². The fourth-order valence-electron chi connectivity index (χ4n) is 3.61. The fraction of sp³-hybridized carbons (Fsp3) is 0.174. The average Bonchev–Trinajstić information content (AvgIpc) is 3.36. The highest BCUT2D eigenvalue weighted by molar-refractivity contribution is 7.09. The number of hydrogen-bond acceptors (Lipinski definition) is 4. The van der Waals surface area contributed by atoms with Crippen molar-refractivity contribution in [3.63, 3.8) is 0 Å². The van der Waals surface area contributed by atoms with E-state index in [1.54, 1.807) is 17.5 Å². The van der Waals surface area contributed by atoms with E-state index in [2.05, 4.69) is 5.32 Å². The Bertz CT molecular complexity index is 1220. The number of imide groups is 1. The minimum Gasteiger partial charge on any atom is -0.319 e. The number of carbonyl (C=O) groups excluding carboxylic acids is 3. The summed E-state index contributed by atoms with van der Waals surface area (Å²) in [5, 5.41) is 4.32. The summed E-state index contributed by atoms with van der Waals surface area (Å²) in [6.07, 6.45) is 0. The number of nitrogens with zero attached hydrogens (tertiary/aromatic N) is 2. The van der Waals surface area contributed by atoms with Gasteiger partial charge in [0.25, 0.3) is 5.91 Å². The molecule has 0 aliphatic carbocycles. The zero-order valence-corrected chi connectivity index (χ0v) is 18.2. The summed E-state index contributed by atoms with van der Waals surface area (Å²) >= 11 is 1.33. The molecular formula is C23H18F3N3O3S. The molecule has 0 bridgehead atoms. The number of carbonyl (C=O) groups is 3. The quantitative estimate of drug-likeness (QED) is 0.547. The lowest BCUT2D eigenvalue weighted by Gasteiger charge is -2.25. The lowest BCUT2D eigenvalue weighted by molar-refractivity contribution is -0.134. The molecule has 170 valence electrons. The average molecular weight is 473 g/mol. The number of thiophene rings is 1. The molecule has 10 heteroatoms. The van der Waals surface area contributed by atoms with Crippen molar-refractivity contribution in [3.8, 4) is 0 Å². The summed E-state index contributed by atoms with van der Waals surface area (Å²) in [6, 6.07) is 10.6. The van der Waals surface area contributed by atoms with Crippen molar-refractivity contribution in [3.05, 3.63) is 87.9 Å². The standard InChI is InChI=1S/C23H18F3N3O3S/c1-23(14-4-6-15(24)7-5-14)21(31)29(22(32)27-23)13-20(30)28(12-17-3-2-10-33-17)19-9-8-16(25)11-18(19)26/h2-11H,12-13H2,1H3,(H,27,32). The molecule has 4 amide bonds. The third-order valence-electron chi connectivity index (χ3n) is 5.39. The van der Waals surface area contributed by atoms with E-state index in [0.29, 0.717) is 11.6 Å². The van der Waals surface area contributed by atoms with Crippen LogP contribution in [0.25, 0.3) is 0 Å². The first-order valence-corrected chi connectivity index (χ1v) is 10.7. The highest BCUT2D eigenvalue weighted by Gasteiger charge is 2.49. The predicted molar refractivity (Wildman–Crippen MR) is 116 cm³/mol. The number of nitrogens with one attached hydrogen (secondary N) is 1. The van der Waals surface area contributed by atoms with Crippen LogP contribution in [0.15, 0.2) is 60.0 Å². The van der Waals surface area contributed by atoms with Crippen LogP contribution in [0.5, 0.6) is 0 Å². The molecule has 3 aromatic rings. The van der Waals surface area contributed by atoms with Gasteiger partial charge < -0.3 is 10.2 Å². The Morgan fingerprint density at radius 1 is 1.06 bits per heavy atom. The van der Waals surface area contributed by atoms with Gasteiger partial charge in [0.05, 0.1) is 12.2 Å². The van der Waals surface area contributed by atoms with Crippen LogP contribution >= 0.6 is 11.3 Å². The van der Waals surface area contributed by atoms with Gasteiger partial charge in [-0.15, -0.1) is 11.3 Å². The third kappa shape index (κ3) is 4.34. The molecule has 2 aromatic carbocycles. The first-order valence-electron chi connectivity index (χ1n) is 9.87. The van der Waals surface area contributed by atoms with Gasteiger partial charge in [-0.25, -0.2) is 18.0 Å². The van der Waals surface area contributed by atoms with Crippen LogP contribution in [0.2, 0.25) is 0 Å². The van der Waals surface area contributed by atoms with E-state index in [0.717, 1.165) is 38.9 Å². The van der Waals surface area contributed by atoms with Gasteiger partial charge in [0, 0.05) is 10.9 Å². The molecule has 1 aromatic heterocycles. The van der Waals surface area contributed by atoms with E-state index in [1.807, 2.05) is 0 Å². The van der Waals surface area contributed by atoms with E-state index in [9.17, 15) is 27.6 Å². The Labute approximate surface area is 191 Å². The molecule has 1 N–H and O–H groups in total. The van der Waals surface area contributed by atoms with Crippen LogP contribution in [-0.2, 0) is 21.7 Å². The van der Waals surface area contributed by atoms with Crippen LogP contribution < -0.4 is 10.2 Å². The first-order chi connectivity index (χ1) is 15.7. The Balaban J connectivity index is 1.61. The molecule has 0 radical (unpaired) electrons. The Morgan fingerprint density at radius 3 is 2.39 bits per heavy atom. The molecule has 1 aliphatic rings. The van der Waals surface area contributed by atoms with Crippen molar-refractivity contribution in [1.29, 1.82) is 0 Å². The molecule has 1 aliphatic heterocycles. The number of amides is 4. The van der Waals surface area contributed by atoms with Crippen LogP contribution in [0.3, 0.4) is 0 Å². The van der Waals surface area contributed by atoms with Crippen molar-refractivity contribution in [2.75, 3.05) is 11.4 Å². The van der Waals surface area contributed by atoms with Gasteiger partial charge in [0.1, 0.15) is 29.5 Å². The lowest BCUT2D eigenvalue weighted by atomic mass is 9.92. The topological polar surface area (TPSA) is 69.7 Å². The maximum absolute atomic E-state index is 14.5. The van der Waals surface area contributed by atoms with Gasteiger partial charge in [-0.05, 0) is 48.2 Å². The number of rotatable bonds is 6. The summed E-state index contributed by atoms with van der Waals surface area (Å²) < 4.78 is 41.2. The zero-order valence-electron chi connectivity index (χ0n) is 17.3. The van der Waals surface area contributed by atoms with Gasteiger partial charge >= 0.3 is 6.03 Å². The van der Waals surface area contributed by atoms with Crippen LogP contribution in [0.4, 0.5) is 23.7 Å². The van der Waals surface area contributed by atoms with Gasteiger partial charge in [-0.2, -0.15) is 0 Å². The normalized spacial score (nSPS) is 17.9. The summed E-state index contributed by atoms with van der Waals surface area (Å²) in [4.78, 5) is 41.4. The number of halogens is 3. The molecule has 6 nitrogen and oxygen atoms in total. The molecule has 0 spiro atoms. The fourth-order valence-corrected chi connectivity index (χ4v) is 4.30. The van der Waals surface area contributed by atoms with Crippen molar-refractivity contribution in [2.45, 2.75) is 19.0 Å². The molecule has 1 atom stereocenters. The van der Waals surface area contributed by atoms with Crippen molar-refractivity contribution in [2.24, 2.45) is 0 Å². The molecule has 4 rings (SSSR count). The second kappa shape index (κ2) is 8.70. The van der Waals surface area contributed by atoms with E-state index in [-0.39, 0.29) is 12.2 Å². The minimum absolute atomic E-state index is 0.0298. The Hall–Kier alpha value is -3.66. The van der Waals surface area contributed by atoms with Gasteiger partial charge in [-0.1, -0.05) is 18.2 Å². The summed E-state index contributed by atoms with van der Waals surface area (Å²) in [7, 11) is 0. The van der Waals surface area contributed by atoms with Gasteiger partial charge in [0.2, 0.25) is 5.91 Å². The Kier molecular flexibility index (Phi) is 5.94. The molecular weight excluding hydrogens is 455 g/mol. The van der Waals surface area contributed by atoms with Crippen LogP contribution in [-0.4, -0.2) is 29.3 Å². The van der Waals surface area contributed by atoms with Gasteiger partial charge in [0.15, 0.2) is 0 Å². The highest BCUT2D eigenvalue weighted by Crippen LogP contribution is 2.30. The molecule has 1 fully saturated rings. The molecule has 1 saturated heterocycles.